The summed E-state index contributed by atoms with van der Waals surface area (Å²) in [5, 5.41) is 19.9. The molecule has 4 unspecified atom stereocenters. The predicted molar refractivity (Wildman–Crippen MR) is 82.5 cm³/mol. The van der Waals surface area contributed by atoms with E-state index in [1.807, 2.05) is 18.2 Å². The number of methoxy groups -OCH3 is 1. The Morgan fingerprint density at radius 2 is 2.00 bits per heavy atom. The van der Waals surface area contributed by atoms with E-state index in [1.165, 1.54) is 37.7 Å². The van der Waals surface area contributed by atoms with Crippen LogP contribution in [0.15, 0.2) is 18.2 Å². The van der Waals surface area contributed by atoms with Crippen LogP contribution in [0.25, 0.3) is 0 Å². The van der Waals surface area contributed by atoms with Crippen molar-refractivity contribution < 1.29 is 14.9 Å². The lowest BCUT2D eigenvalue weighted by Gasteiger charge is -2.35. The van der Waals surface area contributed by atoms with Crippen LogP contribution in [0, 0.1) is 17.8 Å². The third-order valence-electron chi connectivity index (χ3n) is 5.60. The molecule has 1 aromatic carbocycles. The first-order chi connectivity index (χ1) is 10.2. The number of hydrogen-bond donors (Lipinski definition) is 2. The zero-order valence-electron chi connectivity index (χ0n) is 12.8. The van der Waals surface area contributed by atoms with Crippen molar-refractivity contribution in [2.24, 2.45) is 17.8 Å². The SMILES string of the molecule is COc1ccc(CCC2CCCC3C(O)CCC23)cc1O. The van der Waals surface area contributed by atoms with Gasteiger partial charge in [0.15, 0.2) is 11.5 Å². The van der Waals surface area contributed by atoms with Crippen LogP contribution in [-0.2, 0) is 6.42 Å². The summed E-state index contributed by atoms with van der Waals surface area (Å²) in [6.45, 7) is 0. The van der Waals surface area contributed by atoms with E-state index >= 15 is 0 Å². The third kappa shape index (κ3) is 3.03. The molecule has 2 saturated carbocycles. The molecule has 1 aromatic rings. The molecule has 21 heavy (non-hydrogen) atoms. The normalized spacial score (nSPS) is 31.9. The van der Waals surface area contributed by atoms with Crippen molar-refractivity contribution >= 4 is 0 Å². The summed E-state index contributed by atoms with van der Waals surface area (Å²) in [6.07, 6.45) is 8.09. The predicted octanol–water partition coefficient (Wildman–Crippen LogP) is 3.52. The van der Waals surface area contributed by atoms with Crippen LogP contribution in [0.2, 0.25) is 0 Å². The van der Waals surface area contributed by atoms with Gasteiger partial charge < -0.3 is 14.9 Å². The van der Waals surface area contributed by atoms with Crippen LogP contribution in [0.3, 0.4) is 0 Å². The average molecular weight is 290 g/mol. The van der Waals surface area contributed by atoms with Gasteiger partial charge in [-0.2, -0.15) is 0 Å². The minimum absolute atomic E-state index is 0.0529. The number of aliphatic hydroxyl groups excluding tert-OH is 1. The highest BCUT2D eigenvalue weighted by Crippen LogP contribution is 2.47. The summed E-state index contributed by atoms with van der Waals surface area (Å²) in [4.78, 5) is 0. The highest BCUT2D eigenvalue weighted by atomic mass is 16.5. The molecule has 0 spiro atoms. The second-order valence-corrected chi connectivity index (χ2v) is 6.71. The Morgan fingerprint density at radius 1 is 1.14 bits per heavy atom. The Kier molecular flexibility index (Phi) is 4.39. The lowest BCUT2D eigenvalue weighted by Crippen LogP contribution is -2.29. The van der Waals surface area contributed by atoms with Gasteiger partial charge in [0.25, 0.3) is 0 Å². The van der Waals surface area contributed by atoms with Crippen LogP contribution >= 0.6 is 0 Å². The molecular formula is C18H26O3. The number of phenolic OH excluding ortho intramolecular Hbond substituents is 1. The largest absolute Gasteiger partial charge is 0.504 e. The molecule has 2 aliphatic carbocycles. The van der Waals surface area contributed by atoms with Gasteiger partial charge in [0.2, 0.25) is 0 Å². The van der Waals surface area contributed by atoms with E-state index < -0.39 is 0 Å². The maximum atomic E-state index is 10.1. The first-order valence-electron chi connectivity index (χ1n) is 8.23. The monoisotopic (exact) mass is 290 g/mol. The smallest absolute Gasteiger partial charge is 0.160 e. The molecule has 3 heteroatoms. The number of aryl methyl sites for hydroxylation is 1. The molecule has 0 radical (unpaired) electrons. The molecular weight excluding hydrogens is 264 g/mol. The van der Waals surface area contributed by atoms with E-state index in [1.54, 1.807) is 7.11 Å². The summed E-state index contributed by atoms with van der Waals surface area (Å²) in [7, 11) is 1.57. The summed E-state index contributed by atoms with van der Waals surface area (Å²) in [5.74, 6) is 2.78. The zero-order chi connectivity index (χ0) is 14.8. The first-order valence-corrected chi connectivity index (χ1v) is 8.23. The molecule has 0 aromatic heterocycles. The van der Waals surface area contributed by atoms with Gasteiger partial charge in [-0.1, -0.05) is 18.9 Å². The number of fused-ring (bicyclic) bond motifs is 1. The number of aliphatic hydroxyl groups is 1. The Hall–Kier alpha value is -1.22. The van der Waals surface area contributed by atoms with E-state index in [-0.39, 0.29) is 11.9 Å². The summed E-state index contributed by atoms with van der Waals surface area (Å²) >= 11 is 0. The fourth-order valence-electron chi connectivity index (χ4n) is 4.50. The average Bonchev–Trinajstić information content (AvgIpc) is 2.87. The standard InChI is InChI=1S/C18H26O3/c1-21-18-10-6-12(11-17(18)20)5-7-13-3-2-4-15-14(13)8-9-16(15)19/h6,10-11,13-16,19-20H,2-5,7-9H2,1H3. The molecule has 2 fully saturated rings. The summed E-state index contributed by atoms with van der Waals surface area (Å²) in [5.41, 5.74) is 1.17. The van der Waals surface area contributed by atoms with Crippen LogP contribution in [0.4, 0.5) is 0 Å². The minimum atomic E-state index is -0.0529. The molecule has 0 saturated heterocycles. The van der Waals surface area contributed by atoms with Gasteiger partial charge in [-0.15, -0.1) is 0 Å². The van der Waals surface area contributed by atoms with E-state index in [0.29, 0.717) is 11.7 Å². The van der Waals surface area contributed by atoms with Crippen LogP contribution < -0.4 is 4.74 Å². The zero-order valence-corrected chi connectivity index (χ0v) is 12.8. The maximum Gasteiger partial charge on any atom is 0.160 e. The number of aromatic hydroxyl groups is 1. The highest BCUT2D eigenvalue weighted by Gasteiger charge is 2.41. The Morgan fingerprint density at radius 3 is 2.76 bits per heavy atom. The van der Waals surface area contributed by atoms with Crippen molar-refractivity contribution in [1.29, 1.82) is 0 Å². The van der Waals surface area contributed by atoms with E-state index in [2.05, 4.69) is 0 Å². The van der Waals surface area contributed by atoms with Gasteiger partial charge in [-0.3, -0.25) is 0 Å². The van der Waals surface area contributed by atoms with Crippen molar-refractivity contribution in [1.82, 2.24) is 0 Å². The van der Waals surface area contributed by atoms with Crippen molar-refractivity contribution in [3.63, 3.8) is 0 Å². The number of hydrogen-bond acceptors (Lipinski definition) is 3. The van der Waals surface area contributed by atoms with Crippen molar-refractivity contribution in [2.45, 2.75) is 51.0 Å². The summed E-state index contributed by atoms with van der Waals surface area (Å²) < 4.78 is 5.09. The van der Waals surface area contributed by atoms with Gasteiger partial charge in [0.05, 0.1) is 13.2 Å². The van der Waals surface area contributed by atoms with Gasteiger partial charge in [-0.05, 0) is 67.6 Å². The van der Waals surface area contributed by atoms with Gasteiger partial charge in [0.1, 0.15) is 0 Å². The number of benzene rings is 1. The Labute approximate surface area is 127 Å². The number of phenols is 1. The molecule has 3 rings (SSSR count). The first kappa shape index (κ1) is 14.7. The topological polar surface area (TPSA) is 49.7 Å². The molecule has 116 valence electrons. The Balaban J connectivity index is 1.61. The molecule has 0 bridgehead atoms. The molecule has 2 aliphatic rings. The van der Waals surface area contributed by atoms with Crippen LogP contribution in [0.5, 0.6) is 11.5 Å². The van der Waals surface area contributed by atoms with Crippen molar-refractivity contribution in [2.75, 3.05) is 7.11 Å². The molecule has 4 atom stereocenters. The van der Waals surface area contributed by atoms with Gasteiger partial charge in [-0.25, -0.2) is 0 Å². The van der Waals surface area contributed by atoms with E-state index in [4.69, 9.17) is 4.74 Å². The van der Waals surface area contributed by atoms with Crippen LogP contribution in [-0.4, -0.2) is 23.4 Å². The molecule has 0 heterocycles. The van der Waals surface area contributed by atoms with Gasteiger partial charge in [0, 0.05) is 0 Å². The number of rotatable bonds is 4. The maximum absolute atomic E-state index is 10.1. The third-order valence-corrected chi connectivity index (χ3v) is 5.60. The van der Waals surface area contributed by atoms with Crippen LogP contribution in [0.1, 0.15) is 44.1 Å². The number of ether oxygens (including phenoxy) is 1. The second kappa shape index (κ2) is 6.27. The highest BCUT2D eigenvalue weighted by molar-refractivity contribution is 5.41. The lowest BCUT2D eigenvalue weighted by molar-refractivity contribution is 0.0701. The second-order valence-electron chi connectivity index (χ2n) is 6.71. The molecule has 0 amide bonds. The quantitative estimate of drug-likeness (QED) is 0.892. The van der Waals surface area contributed by atoms with Crippen molar-refractivity contribution in [3.05, 3.63) is 23.8 Å². The molecule has 2 N–H and O–H groups in total. The lowest BCUT2D eigenvalue weighted by atomic mass is 9.71. The minimum Gasteiger partial charge on any atom is -0.504 e. The van der Waals surface area contributed by atoms with Crippen molar-refractivity contribution in [3.8, 4) is 11.5 Å². The molecule has 0 aliphatic heterocycles. The van der Waals surface area contributed by atoms with E-state index in [9.17, 15) is 10.2 Å². The fourth-order valence-corrected chi connectivity index (χ4v) is 4.50. The fraction of sp³-hybridized carbons (Fsp3) is 0.667. The van der Waals surface area contributed by atoms with Gasteiger partial charge >= 0.3 is 0 Å². The summed E-state index contributed by atoms with van der Waals surface area (Å²) in [6, 6.07) is 5.71. The Bertz CT molecular complexity index is 485. The molecule has 3 nitrogen and oxygen atoms in total. The van der Waals surface area contributed by atoms with E-state index in [0.717, 1.165) is 24.7 Å².